The Kier molecular flexibility index (Phi) is 1.88. The Labute approximate surface area is 80.7 Å². The molecule has 3 nitrogen and oxygen atoms in total. The number of benzene rings is 1. The third-order valence-corrected chi connectivity index (χ3v) is 2.47. The third-order valence-electron chi connectivity index (χ3n) is 1.70. The average Bonchev–Trinajstić information content (AvgIpc) is 2.12. The summed E-state index contributed by atoms with van der Waals surface area (Å²) in [6, 6.07) is 2.73. The summed E-state index contributed by atoms with van der Waals surface area (Å²) in [5, 5.41) is 0.238. The molecule has 0 bridgehead atoms. The molecule has 1 aromatic carbocycles. The van der Waals surface area contributed by atoms with Crippen molar-refractivity contribution >= 4 is 26.8 Å². The molecular formula is C8H4BrFN2O. The molecule has 0 radical (unpaired) electrons. The molecule has 1 aromatic heterocycles. The summed E-state index contributed by atoms with van der Waals surface area (Å²) in [7, 11) is 0. The predicted molar refractivity (Wildman–Crippen MR) is 50.0 cm³/mol. The SMILES string of the molecule is O=c1[nH]cnc2ccc(F)c(Br)c12. The minimum absolute atomic E-state index is 0.152. The van der Waals surface area contributed by atoms with E-state index in [2.05, 4.69) is 25.9 Å². The van der Waals surface area contributed by atoms with Gasteiger partial charge in [0, 0.05) is 0 Å². The summed E-state index contributed by atoms with van der Waals surface area (Å²) >= 11 is 3.00. The van der Waals surface area contributed by atoms with Crippen LogP contribution < -0.4 is 5.56 Å². The van der Waals surface area contributed by atoms with Crippen molar-refractivity contribution in [3.8, 4) is 0 Å². The van der Waals surface area contributed by atoms with Crippen molar-refractivity contribution in [1.29, 1.82) is 0 Å². The molecule has 13 heavy (non-hydrogen) atoms. The molecule has 0 unspecified atom stereocenters. The van der Waals surface area contributed by atoms with Crippen LogP contribution in [-0.2, 0) is 0 Å². The maximum absolute atomic E-state index is 13.0. The van der Waals surface area contributed by atoms with Crippen LogP contribution in [0.25, 0.3) is 10.9 Å². The van der Waals surface area contributed by atoms with Gasteiger partial charge in [0.2, 0.25) is 0 Å². The summed E-state index contributed by atoms with van der Waals surface area (Å²) in [6.45, 7) is 0. The van der Waals surface area contributed by atoms with E-state index >= 15 is 0 Å². The van der Waals surface area contributed by atoms with Crippen molar-refractivity contribution in [1.82, 2.24) is 9.97 Å². The van der Waals surface area contributed by atoms with Crippen LogP contribution in [0.1, 0.15) is 0 Å². The van der Waals surface area contributed by atoms with Gasteiger partial charge < -0.3 is 4.98 Å². The van der Waals surface area contributed by atoms with E-state index in [0.717, 1.165) is 0 Å². The first kappa shape index (κ1) is 8.37. The highest BCUT2D eigenvalue weighted by Gasteiger charge is 2.07. The molecule has 5 heteroatoms. The fourth-order valence-electron chi connectivity index (χ4n) is 1.10. The average molecular weight is 243 g/mol. The summed E-state index contributed by atoms with van der Waals surface area (Å²) < 4.78 is 13.2. The quantitative estimate of drug-likeness (QED) is 0.767. The van der Waals surface area contributed by atoms with Gasteiger partial charge in [-0.1, -0.05) is 0 Å². The van der Waals surface area contributed by atoms with Crippen LogP contribution >= 0.6 is 15.9 Å². The van der Waals surface area contributed by atoms with Gasteiger partial charge in [-0.25, -0.2) is 9.37 Å². The number of aromatic amines is 1. The number of halogens is 2. The third kappa shape index (κ3) is 1.25. The molecular weight excluding hydrogens is 239 g/mol. The molecule has 0 aliphatic carbocycles. The summed E-state index contributed by atoms with van der Waals surface area (Å²) in [4.78, 5) is 17.5. The highest BCUT2D eigenvalue weighted by atomic mass is 79.9. The molecule has 0 atom stereocenters. The van der Waals surface area contributed by atoms with Crippen LogP contribution in [0.4, 0.5) is 4.39 Å². The molecule has 0 saturated carbocycles. The summed E-state index contributed by atoms with van der Waals surface area (Å²) in [5.41, 5.74) is 0.119. The Balaban J connectivity index is 3.06. The Bertz CT molecular complexity index is 523. The van der Waals surface area contributed by atoms with Gasteiger partial charge in [0.25, 0.3) is 5.56 Å². The lowest BCUT2D eigenvalue weighted by Gasteiger charge is -1.98. The van der Waals surface area contributed by atoms with E-state index in [1.165, 1.54) is 18.5 Å². The minimum atomic E-state index is -0.467. The van der Waals surface area contributed by atoms with Gasteiger partial charge in [0.05, 0.1) is 21.7 Å². The zero-order valence-electron chi connectivity index (χ0n) is 6.34. The molecule has 0 aliphatic rings. The van der Waals surface area contributed by atoms with Gasteiger partial charge >= 0.3 is 0 Å². The van der Waals surface area contributed by atoms with E-state index in [1.807, 2.05) is 0 Å². The number of hydrogen-bond acceptors (Lipinski definition) is 2. The van der Waals surface area contributed by atoms with Gasteiger partial charge in [-0.2, -0.15) is 0 Å². The molecule has 1 heterocycles. The van der Waals surface area contributed by atoms with Gasteiger partial charge in [-0.15, -0.1) is 0 Å². The molecule has 66 valence electrons. The monoisotopic (exact) mass is 242 g/mol. The number of nitrogens with zero attached hydrogens (tertiary/aromatic N) is 1. The molecule has 0 amide bonds. The van der Waals surface area contributed by atoms with Gasteiger partial charge in [0.15, 0.2) is 0 Å². The van der Waals surface area contributed by atoms with Crippen molar-refractivity contribution in [2.45, 2.75) is 0 Å². The van der Waals surface area contributed by atoms with E-state index in [1.54, 1.807) is 0 Å². The fraction of sp³-hybridized carbons (Fsp3) is 0. The first-order valence-corrected chi connectivity index (χ1v) is 4.31. The number of H-pyrrole nitrogens is 1. The zero-order chi connectivity index (χ0) is 9.42. The molecule has 0 spiro atoms. The molecule has 1 N–H and O–H groups in total. The van der Waals surface area contributed by atoms with Crippen molar-refractivity contribution in [2.24, 2.45) is 0 Å². The maximum Gasteiger partial charge on any atom is 0.259 e. The predicted octanol–water partition coefficient (Wildman–Crippen LogP) is 1.82. The minimum Gasteiger partial charge on any atom is -0.313 e. The van der Waals surface area contributed by atoms with E-state index in [-0.39, 0.29) is 15.4 Å². The van der Waals surface area contributed by atoms with Crippen molar-refractivity contribution < 1.29 is 4.39 Å². The second-order valence-electron chi connectivity index (χ2n) is 2.49. The van der Waals surface area contributed by atoms with Crippen LogP contribution in [0.2, 0.25) is 0 Å². The van der Waals surface area contributed by atoms with Crippen LogP contribution in [0.15, 0.2) is 27.7 Å². The Morgan fingerprint density at radius 3 is 3.00 bits per heavy atom. The number of hydrogen-bond donors (Lipinski definition) is 1. The largest absolute Gasteiger partial charge is 0.313 e. The number of rotatable bonds is 0. The highest BCUT2D eigenvalue weighted by Crippen LogP contribution is 2.21. The van der Waals surface area contributed by atoms with Crippen LogP contribution in [0, 0.1) is 5.82 Å². The lowest BCUT2D eigenvalue weighted by atomic mass is 10.2. The van der Waals surface area contributed by atoms with E-state index < -0.39 is 5.82 Å². The van der Waals surface area contributed by atoms with Crippen LogP contribution in [-0.4, -0.2) is 9.97 Å². The van der Waals surface area contributed by atoms with Crippen molar-refractivity contribution in [2.75, 3.05) is 0 Å². The molecule has 0 saturated heterocycles. The van der Waals surface area contributed by atoms with E-state index in [0.29, 0.717) is 5.52 Å². The smallest absolute Gasteiger partial charge is 0.259 e. The van der Waals surface area contributed by atoms with Crippen LogP contribution in [0.5, 0.6) is 0 Å². The van der Waals surface area contributed by atoms with E-state index in [4.69, 9.17) is 0 Å². The molecule has 0 aliphatic heterocycles. The number of fused-ring (bicyclic) bond motifs is 1. The molecule has 2 aromatic rings. The number of aromatic nitrogens is 2. The summed E-state index contributed by atoms with van der Waals surface area (Å²) in [6.07, 6.45) is 1.29. The lowest BCUT2D eigenvalue weighted by molar-refractivity contribution is 0.623. The Hall–Kier alpha value is -1.23. The van der Waals surface area contributed by atoms with Crippen molar-refractivity contribution in [3.05, 3.63) is 39.1 Å². The normalized spacial score (nSPS) is 10.6. The molecule has 2 rings (SSSR count). The Morgan fingerprint density at radius 2 is 2.23 bits per heavy atom. The standard InChI is InChI=1S/C8H4BrFN2O/c9-7-4(10)1-2-5-6(7)8(13)12-3-11-5/h1-3H,(H,11,12,13). The summed E-state index contributed by atoms with van der Waals surface area (Å²) in [5.74, 6) is -0.467. The maximum atomic E-state index is 13.0. The van der Waals surface area contributed by atoms with Gasteiger partial charge in [0.1, 0.15) is 5.82 Å². The fourth-order valence-corrected chi connectivity index (χ4v) is 1.61. The van der Waals surface area contributed by atoms with E-state index in [9.17, 15) is 9.18 Å². The molecule has 0 fully saturated rings. The first-order chi connectivity index (χ1) is 6.20. The lowest BCUT2D eigenvalue weighted by Crippen LogP contribution is -2.07. The van der Waals surface area contributed by atoms with Crippen LogP contribution in [0.3, 0.4) is 0 Å². The number of nitrogens with one attached hydrogen (secondary N) is 1. The Morgan fingerprint density at radius 1 is 1.46 bits per heavy atom. The van der Waals surface area contributed by atoms with Gasteiger partial charge in [-0.3, -0.25) is 4.79 Å². The van der Waals surface area contributed by atoms with Gasteiger partial charge in [-0.05, 0) is 28.1 Å². The highest BCUT2D eigenvalue weighted by molar-refractivity contribution is 9.10. The second-order valence-corrected chi connectivity index (χ2v) is 3.28. The second kappa shape index (κ2) is 2.92. The van der Waals surface area contributed by atoms with Crippen molar-refractivity contribution in [3.63, 3.8) is 0 Å². The topological polar surface area (TPSA) is 45.8 Å². The first-order valence-electron chi connectivity index (χ1n) is 3.51. The zero-order valence-corrected chi connectivity index (χ0v) is 7.93.